The monoisotopic (exact) mass is 516 g/mol. The molecule has 0 aliphatic carbocycles. The van der Waals surface area contributed by atoms with Crippen LogP contribution in [0, 0.1) is 5.82 Å². The molecule has 36 heavy (non-hydrogen) atoms. The summed E-state index contributed by atoms with van der Waals surface area (Å²) in [6, 6.07) is 15.3. The first kappa shape index (κ1) is 24.2. The molecule has 186 valence electrons. The van der Waals surface area contributed by atoms with Crippen molar-refractivity contribution < 1.29 is 31.9 Å². The summed E-state index contributed by atoms with van der Waals surface area (Å²) >= 11 is 1.24. The summed E-state index contributed by atoms with van der Waals surface area (Å²) in [5, 5.41) is 0. The molecule has 2 heterocycles. The minimum Gasteiger partial charge on any atom is -0.497 e. The molecule has 1 fully saturated rings. The van der Waals surface area contributed by atoms with Crippen LogP contribution in [0.2, 0.25) is 0 Å². The van der Waals surface area contributed by atoms with Crippen molar-refractivity contribution in [1.29, 1.82) is 0 Å². The molecule has 1 spiro atoms. The van der Waals surface area contributed by atoms with Crippen LogP contribution in [0.15, 0.2) is 66.7 Å². The van der Waals surface area contributed by atoms with Gasteiger partial charge >= 0.3 is 6.18 Å². The van der Waals surface area contributed by atoms with E-state index >= 15 is 0 Å². The molecule has 0 radical (unpaired) electrons. The lowest BCUT2D eigenvalue weighted by molar-refractivity contribution is -0.137. The largest absolute Gasteiger partial charge is 0.497 e. The quantitative estimate of drug-likeness (QED) is 0.434. The lowest BCUT2D eigenvalue weighted by Gasteiger charge is -2.33. The Morgan fingerprint density at radius 1 is 1.08 bits per heavy atom. The SMILES string of the molecule is COc1ccc2c(c1)[C@]1(SCCN1C(=O)c1ccccc1F)C(=O)N2Cc1cccc(C(F)(F)F)c1. The van der Waals surface area contributed by atoms with Gasteiger partial charge in [-0.25, -0.2) is 4.39 Å². The molecule has 5 rings (SSSR count). The number of fused-ring (bicyclic) bond motifs is 2. The Morgan fingerprint density at radius 2 is 1.86 bits per heavy atom. The normalized spacial score (nSPS) is 19.2. The van der Waals surface area contributed by atoms with Crippen LogP contribution in [0.1, 0.15) is 27.0 Å². The fourth-order valence-electron chi connectivity index (χ4n) is 4.69. The Bertz CT molecular complexity index is 1360. The van der Waals surface area contributed by atoms with Crippen molar-refractivity contribution in [2.24, 2.45) is 0 Å². The summed E-state index contributed by atoms with van der Waals surface area (Å²) in [5.41, 5.74) is 0.243. The Morgan fingerprint density at radius 3 is 2.58 bits per heavy atom. The molecule has 2 aliphatic heterocycles. The van der Waals surface area contributed by atoms with Crippen LogP contribution in [0.5, 0.6) is 5.75 Å². The van der Waals surface area contributed by atoms with Gasteiger partial charge in [0.25, 0.3) is 11.8 Å². The number of amides is 2. The van der Waals surface area contributed by atoms with Crippen LogP contribution < -0.4 is 9.64 Å². The Labute approximate surface area is 208 Å². The first-order valence-electron chi connectivity index (χ1n) is 11.0. The number of methoxy groups -OCH3 is 1. The summed E-state index contributed by atoms with van der Waals surface area (Å²) in [6.45, 7) is 0.0593. The molecule has 3 aromatic rings. The second-order valence-electron chi connectivity index (χ2n) is 8.40. The van der Waals surface area contributed by atoms with Crippen LogP contribution in [0.25, 0.3) is 0 Å². The van der Waals surface area contributed by atoms with E-state index in [-0.39, 0.29) is 24.2 Å². The minimum absolute atomic E-state index is 0.133. The van der Waals surface area contributed by atoms with Crippen molar-refractivity contribution in [3.8, 4) is 5.75 Å². The van der Waals surface area contributed by atoms with E-state index in [4.69, 9.17) is 4.74 Å². The second kappa shape index (κ2) is 8.85. The minimum atomic E-state index is -4.53. The molecule has 0 bridgehead atoms. The second-order valence-corrected chi connectivity index (χ2v) is 9.69. The summed E-state index contributed by atoms with van der Waals surface area (Å²) in [7, 11) is 1.47. The molecule has 5 nitrogen and oxygen atoms in total. The molecular weight excluding hydrogens is 496 g/mol. The van der Waals surface area contributed by atoms with E-state index in [2.05, 4.69) is 0 Å². The number of alkyl halides is 3. The molecule has 0 unspecified atom stereocenters. The standard InChI is InChI=1S/C26H20F4N2O3S/c1-35-18-9-10-22-20(14-18)25(32(11-12-36-25)23(33)19-7-2-3-8-21(19)27)24(34)31(22)15-16-5-4-6-17(13-16)26(28,29)30/h2-10,13-14H,11-12,15H2,1H3/t25-/m0/s1. The Balaban J connectivity index is 1.60. The molecule has 1 saturated heterocycles. The van der Waals surface area contributed by atoms with Gasteiger partial charge in [0.15, 0.2) is 4.87 Å². The molecule has 0 saturated carbocycles. The van der Waals surface area contributed by atoms with E-state index in [9.17, 15) is 27.2 Å². The van der Waals surface area contributed by atoms with Crippen molar-refractivity contribution in [2.75, 3.05) is 24.3 Å². The highest BCUT2D eigenvalue weighted by molar-refractivity contribution is 8.01. The van der Waals surface area contributed by atoms with Gasteiger partial charge < -0.3 is 14.5 Å². The highest BCUT2D eigenvalue weighted by Crippen LogP contribution is 2.55. The van der Waals surface area contributed by atoms with E-state index in [1.54, 1.807) is 24.3 Å². The van der Waals surface area contributed by atoms with E-state index in [0.29, 0.717) is 22.8 Å². The molecule has 0 aromatic heterocycles. The molecule has 2 amide bonds. The fraction of sp³-hybridized carbons (Fsp3) is 0.231. The van der Waals surface area contributed by atoms with Crippen molar-refractivity contribution >= 4 is 29.3 Å². The number of benzene rings is 3. The van der Waals surface area contributed by atoms with Crippen LogP contribution in [0.3, 0.4) is 0 Å². The Hall–Kier alpha value is -3.53. The predicted octanol–water partition coefficient (Wildman–Crippen LogP) is 5.44. The maximum atomic E-state index is 14.5. The highest BCUT2D eigenvalue weighted by Gasteiger charge is 2.59. The fourth-order valence-corrected chi connectivity index (χ4v) is 6.14. The molecule has 3 aromatic carbocycles. The van der Waals surface area contributed by atoms with Gasteiger partial charge in [-0.3, -0.25) is 9.59 Å². The summed E-state index contributed by atoms with van der Waals surface area (Å²) < 4.78 is 59.7. The molecule has 2 aliphatic rings. The van der Waals surface area contributed by atoms with Gasteiger partial charge in [0.1, 0.15) is 11.6 Å². The third-order valence-corrected chi connectivity index (χ3v) is 7.76. The highest BCUT2D eigenvalue weighted by atomic mass is 32.2. The summed E-state index contributed by atoms with van der Waals surface area (Å²) in [4.78, 5) is 28.8. The average Bonchev–Trinajstić information content (AvgIpc) is 3.40. The number of carbonyl (C=O) groups excluding carboxylic acids is 2. The number of rotatable bonds is 4. The zero-order valence-corrected chi connectivity index (χ0v) is 19.8. The van der Waals surface area contributed by atoms with Crippen LogP contribution >= 0.6 is 11.8 Å². The molecule has 1 atom stereocenters. The van der Waals surface area contributed by atoms with E-state index < -0.39 is 34.2 Å². The first-order chi connectivity index (χ1) is 17.2. The zero-order chi connectivity index (χ0) is 25.7. The van der Waals surface area contributed by atoms with Crippen LogP contribution in [0.4, 0.5) is 23.2 Å². The summed E-state index contributed by atoms with van der Waals surface area (Å²) in [5.74, 6) is -0.948. The maximum Gasteiger partial charge on any atom is 0.416 e. The number of ether oxygens (including phenoxy) is 1. The van der Waals surface area contributed by atoms with Crippen LogP contribution in [-0.2, 0) is 22.4 Å². The average molecular weight is 517 g/mol. The van der Waals surface area contributed by atoms with Gasteiger partial charge in [-0.1, -0.05) is 24.3 Å². The predicted molar refractivity (Wildman–Crippen MR) is 127 cm³/mol. The van der Waals surface area contributed by atoms with Gasteiger partial charge in [0, 0.05) is 17.9 Å². The van der Waals surface area contributed by atoms with Gasteiger partial charge in [0.2, 0.25) is 0 Å². The van der Waals surface area contributed by atoms with Crippen molar-refractivity contribution in [1.82, 2.24) is 4.90 Å². The number of thioether (sulfide) groups is 1. The molecule has 0 N–H and O–H groups in total. The lowest BCUT2D eigenvalue weighted by Crippen LogP contribution is -2.50. The molecular formula is C26H20F4N2O3S. The van der Waals surface area contributed by atoms with Crippen molar-refractivity contribution in [3.63, 3.8) is 0 Å². The molecule has 10 heteroatoms. The number of hydrogen-bond donors (Lipinski definition) is 0. The maximum absolute atomic E-state index is 14.5. The number of halogens is 4. The van der Waals surface area contributed by atoms with Crippen molar-refractivity contribution in [2.45, 2.75) is 17.6 Å². The number of carbonyl (C=O) groups is 2. The van der Waals surface area contributed by atoms with E-state index in [1.165, 1.54) is 59.0 Å². The summed E-state index contributed by atoms with van der Waals surface area (Å²) in [6.07, 6.45) is -4.53. The Kier molecular flexibility index (Phi) is 5.94. The number of anilines is 1. The van der Waals surface area contributed by atoms with E-state index in [0.717, 1.165) is 12.1 Å². The zero-order valence-electron chi connectivity index (χ0n) is 19.0. The van der Waals surface area contributed by atoms with E-state index in [1.807, 2.05) is 0 Å². The smallest absolute Gasteiger partial charge is 0.416 e. The lowest BCUT2D eigenvalue weighted by atomic mass is 10.0. The van der Waals surface area contributed by atoms with Gasteiger partial charge in [-0.05, 0) is 48.0 Å². The van der Waals surface area contributed by atoms with Gasteiger partial charge in [0.05, 0.1) is 30.5 Å². The van der Waals surface area contributed by atoms with Crippen molar-refractivity contribution in [3.05, 3.63) is 94.8 Å². The third kappa shape index (κ3) is 3.80. The third-order valence-electron chi connectivity index (χ3n) is 6.34. The topological polar surface area (TPSA) is 49.9 Å². The van der Waals surface area contributed by atoms with Gasteiger partial charge in [-0.2, -0.15) is 13.2 Å². The van der Waals surface area contributed by atoms with Crippen LogP contribution in [-0.4, -0.2) is 36.1 Å². The first-order valence-corrected chi connectivity index (χ1v) is 12.0. The number of hydrogen-bond acceptors (Lipinski definition) is 4. The number of nitrogens with zero attached hydrogens (tertiary/aromatic N) is 2. The van der Waals surface area contributed by atoms with Gasteiger partial charge in [-0.15, -0.1) is 11.8 Å².